The minimum Gasteiger partial charge on any atom is -0.497 e. The van der Waals surface area contributed by atoms with E-state index in [2.05, 4.69) is 32.8 Å². The number of H-pyrrole nitrogens is 1. The fourth-order valence-corrected chi connectivity index (χ4v) is 4.85. The summed E-state index contributed by atoms with van der Waals surface area (Å²) < 4.78 is 5.39. The SMILES string of the molecule is COc1ccc(C(=C(c2ccc(C=CC(=O)O)cc2)c2ccc(-c3nn[nH]n3)cc2)C2CCC2)c(Cl)c1. The monoisotopic (exact) mass is 512 g/mol. The van der Waals surface area contributed by atoms with Crippen molar-refractivity contribution >= 4 is 34.8 Å². The van der Waals surface area contributed by atoms with Crippen molar-refractivity contribution in [2.24, 2.45) is 5.92 Å². The van der Waals surface area contributed by atoms with Gasteiger partial charge in [0, 0.05) is 11.6 Å². The summed E-state index contributed by atoms with van der Waals surface area (Å²) >= 11 is 6.83. The molecule has 1 aliphatic rings. The highest BCUT2D eigenvalue weighted by Gasteiger charge is 2.28. The maximum absolute atomic E-state index is 11.0. The van der Waals surface area contributed by atoms with Gasteiger partial charge in [-0.25, -0.2) is 4.79 Å². The summed E-state index contributed by atoms with van der Waals surface area (Å²) in [7, 11) is 1.63. The molecule has 0 unspecified atom stereocenters. The van der Waals surface area contributed by atoms with Crippen LogP contribution in [0.3, 0.4) is 0 Å². The van der Waals surface area contributed by atoms with Crippen molar-refractivity contribution in [3.05, 3.63) is 100 Å². The highest BCUT2D eigenvalue weighted by molar-refractivity contribution is 6.33. The molecule has 5 rings (SSSR count). The minimum atomic E-state index is -0.979. The number of hydrogen-bond donors (Lipinski definition) is 2. The second kappa shape index (κ2) is 10.8. The van der Waals surface area contributed by atoms with E-state index in [4.69, 9.17) is 21.4 Å². The Morgan fingerprint density at radius 3 is 2.30 bits per heavy atom. The van der Waals surface area contributed by atoms with Crippen LogP contribution in [0.1, 0.15) is 41.5 Å². The van der Waals surface area contributed by atoms with Crippen molar-refractivity contribution in [1.29, 1.82) is 0 Å². The van der Waals surface area contributed by atoms with E-state index in [0.717, 1.165) is 52.3 Å². The Bertz CT molecular complexity index is 1460. The maximum Gasteiger partial charge on any atom is 0.328 e. The van der Waals surface area contributed by atoms with Crippen LogP contribution in [0.25, 0.3) is 28.6 Å². The van der Waals surface area contributed by atoms with E-state index in [1.54, 1.807) is 13.2 Å². The van der Waals surface area contributed by atoms with Crippen molar-refractivity contribution in [3.8, 4) is 17.1 Å². The first-order valence-corrected chi connectivity index (χ1v) is 12.3. The average Bonchev–Trinajstić information content (AvgIpc) is 3.42. The second-order valence-corrected chi connectivity index (χ2v) is 9.28. The van der Waals surface area contributed by atoms with Crippen LogP contribution < -0.4 is 4.74 Å². The van der Waals surface area contributed by atoms with Crippen LogP contribution in [0.2, 0.25) is 5.02 Å². The van der Waals surface area contributed by atoms with Gasteiger partial charge in [-0.3, -0.25) is 0 Å². The number of rotatable bonds is 8. The minimum absolute atomic E-state index is 0.365. The fraction of sp³-hybridized carbons (Fsp3) is 0.172. The van der Waals surface area contributed by atoms with Crippen molar-refractivity contribution in [1.82, 2.24) is 20.6 Å². The van der Waals surface area contributed by atoms with Gasteiger partial charge in [-0.15, -0.1) is 10.2 Å². The molecule has 1 aliphatic carbocycles. The van der Waals surface area contributed by atoms with E-state index in [1.807, 2.05) is 54.6 Å². The molecule has 0 radical (unpaired) electrons. The van der Waals surface area contributed by atoms with Crippen LogP contribution in [-0.2, 0) is 4.79 Å². The van der Waals surface area contributed by atoms with Gasteiger partial charge in [0.25, 0.3) is 0 Å². The zero-order valence-electron chi connectivity index (χ0n) is 20.2. The molecule has 0 atom stereocenters. The molecular weight excluding hydrogens is 488 g/mol. The molecule has 1 fully saturated rings. The van der Waals surface area contributed by atoms with Crippen molar-refractivity contribution in [3.63, 3.8) is 0 Å². The molecule has 1 aromatic heterocycles. The molecule has 37 heavy (non-hydrogen) atoms. The molecule has 7 nitrogen and oxygen atoms in total. The molecule has 0 spiro atoms. The number of aromatic amines is 1. The number of carboxylic acid groups (broad SMARTS) is 1. The highest BCUT2D eigenvalue weighted by Crippen LogP contribution is 2.47. The molecule has 0 aliphatic heterocycles. The number of ether oxygens (including phenoxy) is 1. The predicted molar refractivity (Wildman–Crippen MR) is 144 cm³/mol. The first-order chi connectivity index (χ1) is 18.0. The molecular formula is C29H25ClN4O3. The smallest absolute Gasteiger partial charge is 0.328 e. The van der Waals surface area contributed by atoms with Crippen LogP contribution in [0.15, 0.2) is 72.8 Å². The van der Waals surface area contributed by atoms with Gasteiger partial charge in [0.2, 0.25) is 5.82 Å². The summed E-state index contributed by atoms with van der Waals surface area (Å²) in [5.74, 6) is 0.628. The molecule has 186 valence electrons. The molecule has 0 saturated heterocycles. The van der Waals surface area contributed by atoms with Crippen LogP contribution in [0, 0.1) is 5.92 Å². The zero-order chi connectivity index (χ0) is 25.8. The molecule has 1 heterocycles. The van der Waals surface area contributed by atoms with Crippen LogP contribution >= 0.6 is 11.6 Å². The lowest BCUT2D eigenvalue weighted by Gasteiger charge is -2.32. The number of allylic oxidation sites excluding steroid dienone is 1. The number of nitrogens with one attached hydrogen (secondary N) is 1. The number of aromatic nitrogens is 4. The van der Waals surface area contributed by atoms with E-state index in [0.29, 0.717) is 22.5 Å². The zero-order valence-corrected chi connectivity index (χ0v) is 20.9. The third kappa shape index (κ3) is 5.32. The van der Waals surface area contributed by atoms with Gasteiger partial charge in [0.15, 0.2) is 0 Å². The number of hydrogen-bond acceptors (Lipinski definition) is 5. The van der Waals surface area contributed by atoms with Gasteiger partial charge in [-0.2, -0.15) is 5.21 Å². The number of carboxylic acids is 1. The number of carbonyl (C=O) groups is 1. The Kier molecular flexibility index (Phi) is 7.14. The summed E-state index contributed by atoms with van der Waals surface area (Å²) in [5.41, 5.74) is 7.00. The summed E-state index contributed by atoms with van der Waals surface area (Å²) in [5, 5.41) is 23.9. The number of benzene rings is 3. The lowest BCUT2D eigenvalue weighted by molar-refractivity contribution is -0.131. The number of nitrogens with zero attached hydrogens (tertiary/aromatic N) is 3. The van der Waals surface area contributed by atoms with Gasteiger partial charge in [-0.1, -0.05) is 66.6 Å². The first kappa shape index (κ1) is 24.5. The normalized spacial score (nSPS) is 14.3. The number of aliphatic carboxylic acids is 1. The topological polar surface area (TPSA) is 101 Å². The van der Waals surface area contributed by atoms with Crippen molar-refractivity contribution in [2.75, 3.05) is 7.11 Å². The predicted octanol–water partition coefficient (Wildman–Crippen LogP) is 6.39. The maximum atomic E-state index is 11.0. The van der Waals surface area contributed by atoms with Gasteiger partial charge in [0.1, 0.15) is 5.75 Å². The van der Waals surface area contributed by atoms with Gasteiger partial charge < -0.3 is 9.84 Å². The van der Waals surface area contributed by atoms with Crippen molar-refractivity contribution < 1.29 is 14.6 Å². The molecule has 2 N–H and O–H groups in total. The first-order valence-electron chi connectivity index (χ1n) is 12.0. The van der Waals surface area contributed by atoms with Gasteiger partial charge >= 0.3 is 5.97 Å². The molecule has 0 bridgehead atoms. The quantitative estimate of drug-likeness (QED) is 0.210. The van der Waals surface area contributed by atoms with Crippen LogP contribution in [0.4, 0.5) is 0 Å². The Morgan fingerprint density at radius 1 is 1.05 bits per heavy atom. The lowest BCUT2D eigenvalue weighted by atomic mass is 9.73. The molecule has 0 amide bonds. The Hall–Kier alpha value is -4.23. The molecule has 4 aromatic rings. The van der Waals surface area contributed by atoms with Crippen molar-refractivity contribution in [2.45, 2.75) is 19.3 Å². The van der Waals surface area contributed by atoms with Crippen LogP contribution in [-0.4, -0.2) is 38.8 Å². The highest BCUT2D eigenvalue weighted by atomic mass is 35.5. The molecule has 1 saturated carbocycles. The van der Waals surface area contributed by atoms with E-state index in [-0.39, 0.29) is 0 Å². The number of tetrazole rings is 1. The van der Waals surface area contributed by atoms with E-state index in [9.17, 15) is 4.79 Å². The standard InChI is InChI=1S/C29H25ClN4O3/c1-37-23-14-15-24(25(30)17-23)28(19-3-2-4-19)27(20-8-5-18(6-9-20)7-16-26(35)36)21-10-12-22(13-11-21)29-31-33-34-32-29/h5-17,19H,2-4H2,1H3,(H,35,36)(H,31,32,33,34). The summed E-state index contributed by atoms with van der Waals surface area (Å²) in [6, 6.07) is 21.8. The third-order valence-corrected chi connectivity index (χ3v) is 6.96. The molecule has 8 heteroatoms. The Labute approximate surface area is 219 Å². The number of halogens is 1. The third-order valence-electron chi connectivity index (χ3n) is 6.64. The van der Waals surface area contributed by atoms with E-state index < -0.39 is 5.97 Å². The second-order valence-electron chi connectivity index (χ2n) is 8.87. The summed E-state index contributed by atoms with van der Waals surface area (Å²) in [4.78, 5) is 11.0. The summed E-state index contributed by atoms with van der Waals surface area (Å²) in [6.45, 7) is 0. The average molecular weight is 513 g/mol. The lowest BCUT2D eigenvalue weighted by Crippen LogP contribution is -2.15. The van der Waals surface area contributed by atoms with Gasteiger partial charge in [-0.05, 0) is 81.6 Å². The van der Waals surface area contributed by atoms with Crippen LogP contribution in [0.5, 0.6) is 5.75 Å². The van der Waals surface area contributed by atoms with E-state index in [1.165, 1.54) is 12.0 Å². The van der Waals surface area contributed by atoms with Gasteiger partial charge in [0.05, 0.1) is 12.1 Å². The largest absolute Gasteiger partial charge is 0.497 e. The Morgan fingerprint density at radius 2 is 1.76 bits per heavy atom. The summed E-state index contributed by atoms with van der Waals surface area (Å²) in [6.07, 6.45) is 6.07. The van der Waals surface area contributed by atoms with E-state index >= 15 is 0 Å². The molecule has 3 aromatic carbocycles. The number of methoxy groups -OCH3 is 1. The Balaban J connectivity index is 1.69. The fourth-order valence-electron chi connectivity index (χ4n) is 4.57.